The van der Waals surface area contributed by atoms with Gasteiger partial charge in [0.2, 0.25) is 0 Å². The summed E-state index contributed by atoms with van der Waals surface area (Å²) in [5, 5.41) is 9.23. The fraction of sp³-hybridized carbons (Fsp3) is 0.333. The van der Waals surface area contributed by atoms with Gasteiger partial charge in [0.15, 0.2) is 17.5 Å². The maximum absolute atomic E-state index is 13.2. The van der Waals surface area contributed by atoms with Crippen LogP contribution in [0, 0.1) is 17.5 Å². The Bertz CT molecular complexity index is 371. The minimum absolute atomic E-state index is 0.152. The van der Waals surface area contributed by atoms with E-state index in [-0.39, 0.29) is 13.0 Å². The summed E-state index contributed by atoms with van der Waals surface area (Å²) < 4.78 is 38.7. The zero-order valence-corrected chi connectivity index (χ0v) is 7.80. The highest BCUT2D eigenvalue weighted by atomic mass is 19.2. The van der Waals surface area contributed by atoms with E-state index in [1.54, 1.807) is 0 Å². The van der Waals surface area contributed by atoms with Gasteiger partial charge in [-0.3, -0.25) is 0 Å². The largest absolute Gasteiger partial charge is 0.507 e. The molecule has 15 heavy (non-hydrogen) atoms. The molecule has 0 radical (unpaired) electrons. The number of rotatable bonds is 3. The fourth-order valence-electron chi connectivity index (χ4n) is 1.27. The lowest BCUT2D eigenvalue weighted by atomic mass is 10.0. The molecular weight excluding hydrogens is 209 g/mol. The molecule has 6 heteroatoms. The molecule has 0 aliphatic carbocycles. The van der Waals surface area contributed by atoms with Crippen LogP contribution in [0.4, 0.5) is 13.2 Å². The normalized spacial score (nSPS) is 12.9. The first-order chi connectivity index (χ1) is 6.99. The molecule has 3 nitrogen and oxygen atoms in total. The van der Waals surface area contributed by atoms with Crippen LogP contribution in [0.15, 0.2) is 6.07 Å². The third kappa shape index (κ3) is 2.21. The molecule has 0 amide bonds. The van der Waals surface area contributed by atoms with Gasteiger partial charge in [0.05, 0.1) is 0 Å². The second-order valence-corrected chi connectivity index (χ2v) is 3.10. The van der Waals surface area contributed by atoms with Crippen molar-refractivity contribution >= 4 is 0 Å². The highest BCUT2D eigenvalue weighted by molar-refractivity contribution is 5.37. The zero-order chi connectivity index (χ0) is 11.6. The van der Waals surface area contributed by atoms with Gasteiger partial charge in [-0.2, -0.15) is 0 Å². The van der Waals surface area contributed by atoms with Gasteiger partial charge in [0.25, 0.3) is 0 Å². The topological polar surface area (TPSA) is 72.3 Å². The van der Waals surface area contributed by atoms with Crippen molar-refractivity contribution in [1.82, 2.24) is 0 Å². The van der Waals surface area contributed by atoms with Crippen LogP contribution in [0.2, 0.25) is 0 Å². The van der Waals surface area contributed by atoms with Gasteiger partial charge in [-0.15, -0.1) is 0 Å². The van der Waals surface area contributed by atoms with Crippen molar-refractivity contribution in [2.45, 2.75) is 12.5 Å². The van der Waals surface area contributed by atoms with Crippen LogP contribution in [0.25, 0.3) is 0 Å². The first-order valence-corrected chi connectivity index (χ1v) is 4.31. The fourth-order valence-corrected chi connectivity index (χ4v) is 1.27. The molecule has 5 N–H and O–H groups in total. The van der Waals surface area contributed by atoms with Gasteiger partial charge in [-0.25, -0.2) is 13.2 Å². The van der Waals surface area contributed by atoms with E-state index in [0.29, 0.717) is 6.07 Å². The van der Waals surface area contributed by atoms with Crippen LogP contribution >= 0.6 is 0 Å². The first-order valence-electron chi connectivity index (χ1n) is 4.31. The molecule has 1 aromatic carbocycles. The van der Waals surface area contributed by atoms with Gasteiger partial charge in [0.1, 0.15) is 5.75 Å². The smallest absolute Gasteiger partial charge is 0.195 e. The second kappa shape index (κ2) is 4.50. The summed E-state index contributed by atoms with van der Waals surface area (Å²) in [6.07, 6.45) is 0.162. The van der Waals surface area contributed by atoms with E-state index in [2.05, 4.69) is 0 Å². The summed E-state index contributed by atoms with van der Waals surface area (Å²) in [6, 6.07) is -0.463. The predicted molar refractivity (Wildman–Crippen MR) is 48.6 cm³/mol. The summed E-state index contributed by atoms with van der Waals surface area (Å²) in [7, 11) is 0. The summed E-state index contributed by atoms with van der Waals surface area (Å²) in [5.74, 6) is -5.26. The maximum atomic E-state index is 13.2. The Kier molecular flexibility index (Phi) is 3.54. The van der Waals surface area contributed by atoms with Gasteiger partial charge in [0, 0.05) is 17.7 Å². The lowest BCUT2D eigenvalue weighted by molar-refractivity contribution is 0.398. The quantitative estimate of drug-likeness (QED) is 0.669. The number of phenolic OH excluding ortho intramolecular Hbond substituents is 1. The minimum Gasteiger partial charge on any atom is -0.507 e. The van der Waals surface area contributed by atoms with Crippen molar-refractivity contribution in [2.75, 3.05) is 6.54 Å². The Morgan fingerprint density at radius 2 is 1.87 bits per heavy atom. The third-order valence-electron chi connectivity index (χ3n) is 2.03. The van der Waals surface area contributed by atoms with Crippen molar-refractivity contribution < 1.29 is 18.3 Å². The van der Waals surface area contributed by atoms with E-state index < -0.39 is 34.8 Å². The van der Waals surface area contributed by atoms with Crippen LogP contribution in [0.3, 0.4) is 0 Å². The van der Waals surface area contributed by atoms with E-state index in [1.165, 1.54) is 0 Å². The van der Waals surface area contributed by atoms with Crippen molar-refractivity contribution in [3.05, 3.63) is 29.1 Å². The number of hydrogen-bond acceptors (Lipinski definition) is 3. The van der Waals surface area contributed by atoms with E-state index in [4.69, 9.17) is 11.5 Å². The molecular formula is C9H11F3N2O. The van der Waals surface area contributed by atoms with Gasteiger partial charge < -0.3 is 16.6 Å². The van der Waals surface area contributed by atoms with Crippen molar-refractivity contribution in [1.29, 1.82) is 0 Å². The molecule has 1 atom stereocenters. The molecule has 0 aromatic heterocycles. The lowest BCUT2D eigenvalue weighted by Crippen LogP contribution is -2.17. The summed E-state index contributed by atoms with van der Waals surface area (Å²) >= 11 is 0. The first kappa shape index (κ1) is 11.8. The van der Waals surface area contributed by atoms with E-state index >= 15 is 0 Å². The molecule has 0 spiro atoms. The summed E-state index contributed by atoms with van der Waals surface area (Å²) in [5.41, 5.74) is 10.2. The van der Waals surface area contributed by atoms with Gasteiger partial charge in [-0.1, -0.05) is 0 Å². The number of hydrogen-bond donors (Lipinski definition) is 3. The molecule has 1 rings (SSSR count). The number of aromatic hydroxyl groups is 1. The molecule has 0 saturated carbocycles. The molecule has 0 fully saturated rings. The highest BCUT2D eigenvalue weighted by Gasteiger charge is 2.22. The monoisotopic (exact) mass is 220 g/mol. The Labute approximate surface area is 84.5 Å². The predicted octanol–water partition coefficient (Wildman–Crippen LogP) is 1.16. The third-order valence-corrected chi connectivity index (χ3v) is 2.03. The maximum Gasteiger partial charge on any atom is 0.195 e. The summed E-state index contributed by atoms with van der Waals surface area (Å²) in [4.78, 5) is 0. The van der Waals surface area contributed by atoms with Crippen LogP contribution in [-0.2, 0) is 0 Å². The Balaban J connectivity index is 3.23. The highest BCUT2D eigenvalue weighted by Crippen LogP contribution is 2.30. The zero-order valence-electron chi connectivity index (χ0n) is 7.80. The van der Waals surface area contributed by atoms with Crippen LogP contribution in [0.1, 0.15) is 18.0 Å². The number of phenols is 1. The molecule has 1 aromatic rings. The molecule has 0 bridgehead atoms. The van der Waals surface area contributed by atoms with Crippen LogP contribution < -0.4 is 11.5 Å². The lowest BCUT2D eigenvalue weighted by Gasteiger charge is -2.14. The van der Waals surface area contributed by atoms with Gasteiger partial charge in [-0.05, 0) is 13.0 Å². The standard InChI is InChI=1S/C9H11F3N2O/c10-4-3-6(15)7(5(14)1-2-13)9(12)8(4)11/h3,5,15H,1-2,13-14H2/t5-/m1/s1. The summed E-state index contributed by atoms with van der Waals surface area (Å²) in [6.45, 7) is 0.152. The Hall–Kier alpha value is -1.27. The van der Waals surface area contributed by atoms with Gasteiger partial charge >= 0.3 is 0 Å². The average Bonchev–Trinajstić information content (AvgIpc) is 2.15. The van der Waals surface area contributed by atoms with Crippen LogP contribution in [-0.4, -0.2) is 11.7 Å². The molecule has 0 aliphatic heterocycles. The Morgan fingerprint density at radius 1 is 1.27 bits per heavy atom. The Morgan fingerprint density at radius 3 is 2.40 bits per heavy atom. The number of nitrogens with two attached hydrogens (primary N) is 2. The number of halogens is 3. The number of benzene rings is 1. The van der Waals surface area contributed by atoms with Crippen LogP contribution in [0.5, 0.6) is 5.75 Å². The second-order valence-electron chi connectivity index (χ2n) is 3.10. The SMILES string of the molecule is NCC[C@@H](N)c1c(O)cc(F)c(F)c1F. The van der Waals surface area contributed by atoms with Crippen molar-refractivity contribution in [3.8, 4) is 5.75 Å². The van der Waals surface area contributed by atoms with Crippen molar-refractivity contribution in [2.24, 2.45) is 11.5 Å². The van der Waals surface area contributed by atoms with Crippen molar-refractivity contribution in [3.63, 3.8) is 0 Å². The van der Waals surface area contributed by atoms with E-state index in [0.717, 1.165) is 0 Å². The minimum atomic E-state index is -1.64. The molecule has 0 saturated heterocycles. The molecule has 0 heterocycles. The molecule has 0 unspecified atom stereocenters. The van der Waals surface area contributed by atoms with E-state index in [1.807, 2.05) is 0 Å². The van der Waals surface area contributed by atoms with E-state index in [9.17, 15) is 18.3 Å². The molecule has 0 aliphatic rings. The average molecular weight is 220 g/mol. The molecule has 84 valence electrons.